The molecule has 0 saturated heterocycles. The van der Waals surface area contributed by atoms with Crippen molar-refractivity contribution < 1.29 is 19.4 Å². The van der Waals surface area contributed by atoms with E-state index in [4.69, 9.17) is 9.84 Å². The first-order chi connectivity index (χ1) is 7.19. The van der Waals surface area contributed by atoms with Gasteiger partial charge in [-0.05, 0) is 19.1 Å². The Morgan fingerprint density at radius 1 is 1.33 bits per heavy atom. The zero-order valence-electron chi connectivity index (χ0n) is 8.40. The molecule has 0 aliphatic carbocycles. The van der Waals surface area contributed by atoms with Crippen LogP contribution in [0.25, 0.3) is 0 Å². The number of Topliss-reactive ketones (excluding diaryl/α,β-unsaturated/α-hetero) is 1. The topological polar surface area (TPSA) is 63.6 Å². The van der Waals surface area contributed by atoms with Gasteiger partial charge in [-0.15, -0.1) is 0 Å². The minimum atomic E-state index is -0.563. The van der Waals surface area contributed by atoms with Crippen LogP contribution in [0, 0.1) is 0 Å². The molecule has 15 heavy (non-hydrogen) atoms. The van der Waals surface area contributed by atoms with Crippen LogP contribution in [0.1, 0.15) is 27.6 Å². The normalized spacial score (nSPS) is 9.73. The van der Waals surface area contributed by atoms with Gasteiger partial charge in [0.1, 0.15) is 6.61 Å². The van der Waals surface area contributed by atoms with Gasteiger partial charge in [-0.2, -0.15) is 0 Å². The van der Waals surface area contributed by atoms with E-state index in [9.17, 15) is 9.59 Å². The predicted octanol–water partition coefficient (Wildman–Crippen LogP) is 1.04. The summed E-state index contributed by atoms with van der Waals surface area (Å²) in [6, 6.07) is 6.10. The molecule has 0 saturated carbocycles. The number of ether oxygens (including phenoxy) is 1. The molecule has 0 unspecified atom stereocenters. The van der Waals surface area contributed by atoms with E-state index in [2.05, 4.69) is 0 Å². The lowest BCUT2D eigenvalue weighted by molar-refractivity contribution is 0.0526. The fraction of sp³-hybridized carbons (Fsp3) is 0.273. The number of benzene rings is 1. The van der Waals surface area contributed by atoms with E-state index in [-0.39, 0.29) is 6.61 Å². The number of esters is 1. The molecular formula is C11H12O4. The number of ketones is 1. The predicted molar refractivity (Wildman–Crippen MR) is 53.8 cm³/mol. The monoisotopic (exact) mass is 208 g/mol. The standard InChI is InChI=1S/C11H12O4/c1-2-15-11(14)9-5-3-4-8(6-9)10(13)7-12/h3-6,12H,2,7H2,1H3. The van der Waals surface area contributed by atoms with Crippen LogP contribution < -0.4 is 0 Å². The maximum absolute atomic E-state index is 11.3. The molecule has 0 aliphatic heterocycles. The maximum Gasteiger partial charge on any atom is 0.338 e. The minimum Gasteiger partial charge on any atom is -0.462 e. The number of aliphatic hydroxyl groups excluding tert-OH is 1. The summed E-state index contributed by atoms with van der Waals surface area (Å²) in [4.78, 5) is 22.5. The summed E-state index contributed by atoms with van der Waals surface area (Å²) in [7, 11) is 0. The van der Waals surface area contributed by atoms with Gasteiger partial charge in [0.15, 0.2) is 5.78 Å². The summed E-state index contributed by atoms with van der Waals surface area (Å²) < 4.78 is 4.78. The number of carbonyl (C=O) groups excluding carboxylic acids is 2. The van der Waals surface area contributed by atoms with Crippen molar-refractivity contribution in [2.75, 3.05) is 13.2 Å². The lowest BCUT2D eigenvalue weighted by Gasteiger charge is -2.03. The highest BCUT2D eigenvalue weighted by Crippen LogP contribution is 2.07. The highest BCUT2D eigenvalue weighted by molar-refractivity contribution is 5.99. The fourth-order valence-corrected chi connectivity index (χ4v) is 1.13. The highest BCUT2D eigenvalue weighted by atomic mass is 16.5. The second-order valence-electron chi connectivity index (χ2n) is 2.88. The van der Waals surface area contributed by atoms with Gasteiger partial charge < -0.3 is 9.84 Å². The molecule has 1 N–H and O–H groups in total. The van der Waals surface area contributed by atoms with Gasteiger partial charge in [0.25, 0.3) is 0 Å². The van der Waals surface area contributed by atoms with Crippen molar-refractivity contribution in [3.8, 4) is 0 Å². The second kappa shape index (κ2) is 5.26. The summed E-state index contributed by atoms with van der Waals surface area (Å²) in [6.45, 7) is 1.43. The van der Waals surface area contributed by atoms with Crippen LogP contribution in [-0.2, 0) is 4.74 Å². The van der Waals surface area contributed by atoms with Crippen LogP contribution >= 0.6 is 0 Å². The van der Waals surface area contributed by atoms with Crippen molar-refractivity contribution in [1.82, 2.24) is 0 Å². The number of aliphatic hydroxyl groups is 1. The second-order valence-corrected chi connectivity index (χ2v) is 2.88. The van der Waals surface area contributed by atoms with Crippen LogP contribution in [-0.4, -0.2) is 30.1 Å². The molecular weight excluding hydrogens is 196 g/mol. The van der Waals surface area contributed by atoms with E-state index in [1.54, 1.807) is 25.1 Å². The quantitative estimate of drug-likeness (QED) is 0.593. The first-order valence-electron chi connectivity index (χ1n) is 4.60. The van der Waals surface area contributed by atoms with Crippen LogP contribution in [0.4, 0.5) is 0 Å². The third-order valence-electron chi connectivity index (χ3n) is 1.84. The van der Waals surface area contributed by atoms with Crippen molar-refractivity contribution in [3.05, 3.63) is 35.4 Å². The van der Waals surface area contributed by atoms with E-state index in [1.165, 1.54) is 6.07 Å². The summed E-state index contributed by atoms with van der Waals surface area (Å²) in [5.74, 6) is -0.883. The fourth-order valence-electron chi connectivity index (χ4n) is 1.13. The average Bonchev–Trinajstić information content (AvgIpc) is 2.28. The lowest BCUT2D eigenvalue weighted by atomic mass is 10.1. The number of hydrogen-bond donors (Lipinski definition) is 1. The molecule has 0 bridgehead atoms. The largest absolute Gasteiger partial charge is 0.462 e. The van der Waals surface area contributed by atoms with Gasteiger partial charge in [-0.1, -0.05) is 12.1 Å². The van der Waals surface area contributed by atoms with Gasteiger partial charge in [-0.25, -0.2) is 4.79 Å². The van der Waals surface area contributed by atoms with Crippen LogP contribution in [0.3, 0.4) is 0 Å². The minimum absolute atomic E-state index is 0.289. The van der Waals surface area contributed by atoms with E-state index in [0.29, 0.717) is 11.1 Å². The molecule has 4 heteroatoms. The van der Waals surface area contributed by atoms with Crippen molar-refractivity contribution in [2.45, 2.75) is 6.92 Å². The van der Waals surface area contributed by atoms with Gasteiger partial charge >= 0.3 is 5.97 Å². The number of rotatable bonds is 4. The van der Waals surface area contributed by atoms with Crippen molar-refractivity contribution >= 4 is 11.8 Å². The molecule has 0 aromatic heterocycles. The SMILES string of the molecule is CCOC(=O)c1cccc(C(=O)CO)c1. The number of carbonyl (C=O) groups is 2. The molecule has 0 spiro atoms. The molecule has 80 valence electrons. The number of hydrogen-bond acceptors (Lipinski definition) is 4. The molecule has 0 aliphatic rings. The van der Waals surface area contributed by atoms with Crippen molar-refractivity contribution in [2.24, 2.45) is 0 Å². The first kappa shape index (κ1) is 11.4. The zero-order chi connectivity index (χ0) is 11.3. The summed E-state index contributed by atoms with van der Waals surface area (Å²) in [6.07, 6.45) is 0. The molecule has 0 atom stereocenters. The van der Waals surface area contributed by atoms with Crippen LogP contribution in [0.2, 0.25) is 0 Å². The van der Waals surface area contributed by atoms with Crippen molar-refractivity contribution in [1.29, 1.82) is 0 Å². The molecule has 0 radical (unpaired) electrons. The Morgan fingerprint density at radius 3 is 2.60 bits per heavy atom. The Bertz CT molecular complexity index is 371. The smallest absolute Gasteiger partial charge is 0.338 e. The highest BCUT2D eigenvalue weighted by Gasteiger charge is 2.09. The average molecular weight is 208 g/mol. The third-order valence-corrected chi connectivity index (χ3v) is 1.84. The summed E-state index contributed by atoms with van der Waals surface area (Å²) in [5.41, 5.74) is 0.624. The van der Waals surface area contributed by atoms with Crippen molar-refractivity contribution in [3.63, 3.8) is 0 Å². The van der Waals surface area contributed by atoms with Gasteiger partial charge in [0.05, 0.1) is 12.2 Å². The lowest BCUT2D eigenvalue weighted by Crippen LogP contribution is -2.08. The Labute approximate surface area is 87.5 Å². The first-order valence-corrected chi connectivity index (χ1v) is 4.60. The van der Waals surface area contributed by atoms with Crippen LogP contribution in [0.5, 0.6) is 0 Å². The molecule has 0 amide bonds. The van der Waals surface area contributed by atoms with Gasteiger partial charge in [0.2, 0.25) is 0 Å². The Hall–Kier alpha value is -1.68. The third kappa shape index (κ3) is 2.89. The maximum atomic E-state index is 11.3. The zero-order valence-corrected chi connectivity index (χ0v) is 8.40. The van der Waals surface area contributed by atoms with E-state index in [1.807, 2.05) is 0 Å². The molecule has 1 aromatic carbocycles. The Morgan fingerprint density at radius 2 is 2.00 bits per heavy atom. The van der Waals surface area contributed by atoms with Crippen LogP contribution in [0.15, 0.2) is 24.3 Å². The van der Waals surface area contributed by atoms with E-state index in [0.717, 1.165) is 0 Å². The Balaban J connectivity index is 2.92. The van der Waals surface area contributed by atoms with E-state index < -0.39 is 18.4 Å². The summed E-state index contributed by atoms with van der Waals surface area (Å²) >= 11 is 0. The Kier molecular flexibility index (Phi) is 4.00. The van der Waals surface area contributed by atoms with Gasteiger partial charge in [0, 0.05) is 5.56 Å². The molecule has 0 heterocycles. The van der Waals surface area contributed by atoms with Gasteiger partial charge in [-0.3, -0.25) is 4.79 Å². The molecule has 1 rings (SSSR count). The summed E-state index contributed by atoms with van der Waals surface area (Å²) in [5, 5.41) is 8.66. The molecule has 0 fully saturated rings. The molecule has 4 nitrogen and oxygen atoms in total. The molecule has 1 aromatic rings. The van der Waals surface area contributed by atoms with E-state index >= 15 is 0 Å².